The molecule has 3 rings (SSSR count). The van der Waals surface area contributed by atoms with Crippen LogP contribution in [-0.2, 0) is 4.79 Å². The van der Waals surface area contributed by atoms with Crippen molar-refractivity contribution < 1.29 is 9.53 Å². The Kier molecular flexibility index (Phi) is 6.80. The Morgan fingerprint density at radius 3 is 2.67 bits per heavy atom. The third-order valence-corrected chi connectivity index (χ3v) is 5.00. The van der Waals surface area contributed by atoms with Crippen molar-refractivity contribution in [2.24, 2.45) is 0 Å². The molecule has 2 aromatic rings. The van der Waals surface area contributed by atoms with E-state index >= 15 is 0 Å². The van der Waals surface area contributed by atoms with E-state index in [9.17, 15) is 4.79 Å². The number of carbonyl (C=O) groups is 1. The van der Waals surface area contributed by atoms with Gasteiger partial charge in [0.05, 0.1) is 16.7 Å². The quantitative estimate of drug-likeness (QED) is 0.672. The molecule has 0 atom stereocenters. The van der Waals surface area contributed by atoms with E-state index in [1.807, 2.05) is 36.1 Å². The number of aromatic nitrogens is 1. The van der Waals surface area contributed by atoms with Crippen LogP contribution in [0.25, 0.3) is 0 Å². The normalized spacial score (nSPS) is 14.3. The van der Waals surface area contributed by atoms with Gasteiger partial charge in [0.1, 0.15) is 11.6 Å². The fourth-order valence-electron chi connectivity index (χ4n) is 3.08. The van der Waals surface area contributed by atoms with Gasteiger partial charge in [0.25, 0.3) is 0 Å². The molecule has 5 nitrogen and oxygen atoms in total. The molecule has 1 amide bonds. The maximum atomic E-state index is 12.4. The van der Waals surface area contributed by atoms with Crippen LogP contribution < -0.4 is 9.64 Å². The maximum Gasteiger partial charge on any atom is 0.222 e. The first kappa shape index (κ1) is 19.8. The summed E-state index contributed by atoms with van der Waals surface area (Å²) in [6.07, 6.45) is 2.79. The first-order valence-electron chi connectivity index (χ1n) is 9.06. The van der Waals surface area contributed by atoms with Gasteiger partial charge in [-0.3, -0.25) is 4.79 Å². The van der Waals surface area contributed by atoms with Crippen LogP contribution in [0.5, 0.6) is 5.75 Å². The Balaban J connectivity index is 1.40. The molecular formula is C20H23Cl2N3O2. The highest BCUT2D eigenvalue weighted by atomic mass is 35.5. The van der Waals surface area contributed by atoms with Gasteiger partial charge in [-0.25, -0.2) is 4.98 Å². The van der Waals surface area contributed by atoms with Gasteiger partial charge in [0, 0.05) is 38.8 Å². The molecule has 0 unspecified atom stereocenters. The number of carbonyl (C=O) groups excluding carboxylic acids is 1. The van der Waals surface area contributed by atoms with Gasteiger partial charge >= 0.3 is 0 Å². The number of hydrogen-bond donors (Lipinski definition) is 0. The van der Waals surface area contributed by atoms with Gasteiger partial charge in [0.15, 0.2) is 0 Å². The molecule has 0 N–H and O–H groups in total. The van der Waals surface area contributed by atoms with Crippen molar-refractivity contribution in [3.8, 4) is 5.75 Å². The summed E-state index contributed by atoms with van der Waals surface area (Å²) < 4.78 is 5.71. The molecule has 1 aliphatic heterocycles. The van der Waals surface area contributed by atoms with Crippen LogP contribution in [0, 0.1) is 6.92 Å². The predicted octanol–water partition coefficient (Wildman–Crippen LogP) is 4.20. The summed E-state index contributed by atoms with van der Waals surface area (Å²) in [7, 11) is 0. The van der Waals surface area contributed by atoms with E-state index in [0.717, 1.165) is 17.1 Å². The summed E-state index contributed by atoms with van der Waals surface area (Å²) in [5.41, 5.74) is 1.16. The minimum Gasteiger partial charge on any atom is -0.494 e. The summed E-state index contributed by atoms with van der Waals surface area (Å²) in [5, 5.41) is 1.06. The molecule has 144 valence electrons. The van der Waals surface area contributed by atoms with E-state index in [2.05, 4.69) is 9.88 Å². The van der Waals surface area contributed by atoms with Crippen molar-refractivity contribution in [3.63, 3.8) is 0 Å². The SMILES string of the molecule is Cc1cccc(OCCCC(=O)N2CCN(c3ncc(Cl)cc3Cl)CC2)c1. The van der Waals surface area contributed by atoms with Crippen molar-refractivity contribution in [2.75, 3.05) is 37.7 Å². The van der Waals surface area contributed by atoms with E-state index in [1.54, 1.807) is 12.3 Å². The minimum atomic E-state index is 0.164. The summed E-state index contributed by atoms with van der Waals surface area (Å²) in [6, 6.07) is 9.62. The lowest BCUT2D eigenvalue weighted by atomic mass is 10.2. The number of pyridine rings is 1. The fraction of sp³-hybridized carbons (Fsp3) is 0.400. The van der Waals surface area contributed by atoms with E-state index in [1.165, 1.54) is 0 Å². The molecule has 0 saturated carbocycles. The lowest BCUT2D eigenvalue weighted by molar-refractivity contribution is -0.131. The molecule has 1 fully saturated rings. The third kappa shape index (κ3) is 5.50. The van der Waals surface area contributed by atoms with E-state index in [0.29, 0.717) is 55.7 Å². The van der Waals surface area contributed by atoms with Gasteiger partial charge in [-0.1, -0.05) is 35.3 Å². The number of hydrogen-bond acceptors (Lipinski definition) is 4. The van der Waals surface area contributed by atoms with Crippen LogP contribution in [0.2, 0.25) is 10.0 Å². The standard InChI is InChI=1S/C20H23Cl2N3O2/c1-15-4-2-5-17(12-15)27-11-3-6-19(26)24-7-9-25(10-8-24)20-18(22)13-16(21)14-23-20/h2,4-5,12-14H,3,6-11H2,1H3. The number of ether oxygens (including phenoxy) is 1. The lowest BCUT2D eigenvalue weighted by Crippen LogP contribution is -2.49. The summed E-state index contributed by atoms with van der Waals surface area (Å²) >= 11 is 12.1. The molecule has 2 heterocycles. The number of amides is 1. The molecule has 1 aromatic heterocycles. The van der Waals surface area contributed by atoms with Gasteiger partial charge in [0.2, 0.25) is 5.91 Å². The highest BCUT2D eigenvalue weighted by molar-refractivity contribution is 6.36. The van der Waals surface area contributed by atoms with Crippen molar-refractivity contribution in [2.45, 2.75) is 19.8 Å². The molecule has 1 saturated heterocycles. The zero-order valence-corrected chi connectivity index (χ0v) is 16.8. The lowest BCUT2D eigenvalue weighted by Gasteiger charge is -2.35. The molecule has 7 heteroatoms. The third-order valence-electron chi connectivity index (χ3n) is 4.51. The van der Waals surface area contributed by atoms with Crippen LogP contribution in [0.15, 0.2) is 36.5 Å². The van der Waals surface area contributed by atoms with E-state index in [4.69, 9.17) is 27.9 Å². The monoisotopic (exact) mass is 407 g/mol. The molecule has 0 bridgehead atoms. The average Bonchev–Trinajstić information content (AvgIpc) is 2.65. The number of piperazine rings is 1. The Morgan fingerprint density at radius 1 is 1.19 bits per heavy atom. The number of anilines is 1. The summed E-state index contributed by atoms with van der Waals surface area (Å²) in [5.74, 6) is 1.74. The zero-order valence-electron chi connectivity index (χ0n) is 15.3. The summed E-state index contributed by atoms with van der Waals surface area (Å²) in [6.45, 7) is 5.32. The molecule has 1 aromatic carbocycles. The van der Waals surface area contributed by atoms with E-state index < -0.39 is 0 Å². The first-order chi connectivity index (χ1) is 13.0. The first-order valence-corrected chi connectivity index (χ1v) is 9.82. The Bertz CT molecular complexity index is 793. The smallest absolute Gasteiger partial charge is 0.222 e. The summed E-state index contributed by atoms with van der Waals surface area (Å²) in [4.78, 5) is 20.7. The van der Waals surface area contributed by atoms with Crippen molar-refractivity contribution in [1.82, 2.24) is 9.88 Å². The van der Waals surface area contributed by atoms with Gasteiger partial charge in [-0.05, 0) is 37.1 Å². The highest BCUT2D eigenvalue weighted by Crippen LogP contribution is 2.26. The molecule has 0 aliphatic carbocycles. The van der Waals surface area contributed by atoms with Crippen LogP contribution in [0.1, 0.15) is 18.4 Å². The van der Waals surface area contributed by atoms with Crippen LogP contribution >= 0.6 is 23.2 Å². The van der Waals surface area contributed by atoms with E-state index in [-0.39, 0.29) is 5.91 Å². The molecule has 1 aliphatic rings. The number of rotatable bonds is 6. The predicted molar refractivity (Wildman–Crippen MR) is 109 cm³/mol. The zero-order chi connectivity index (χ0) is 19.2. The second kappa shape index (κ2) is 9.29. The van der Waals surface area contributed by atoms with Crippen molar-refractivity contribution >= 4 is 34.9 Å². The van der Waals surface area contributed by atoms with Crippen molar-refractivity contribution in [1.29, 1.82) is 0 Å². The van der Waals surface area contributed by atoms with Gasteiger partial charge in [-0.15, -0.1) is 0 Å². The maximum absolute atomic E-state index is 12.4. The fourth-order valence-corrected chi connectivity index (χ4v) is 3.58. The van der Waals surface area contributed by atoms with Gasteiger partial charge in [-0.2, -0.15) is 0 Å². The number of halogens is 2. The molecule has 27 heavy (non-hydrogen) atoms. The Hall–Kier alpha value is -1.98. The highest BCUT2D eigenvalue weighted by Gasteiger charge is 2.23. The second-order valence-electron chi connectivity index (χ2n) is 6.60. The van der Waals surface area contributed by atoms with Crippen LogP contribution in [0.3, 0.4) is 0 Å². The Morgan fingerprint density at radius 2 is 1.96 bits per heavy atom. The van der Waals surface area contributed by atoms with Crippen LogP contribution in [-0.4, -0.2) is 48.6 Å². The average molecular weight is 408 g/mol. The van der Waals surface area contributed by atoms with Crippen molar-refractivity contribution in [3.05, 3.63) is 52.1 Å². The second-order valence-corrected chi connectivity index (χ2v) is 7.44. The molecule has 0 spiro atoms. The van der Waals surface area contributed by atoms with Gasteiger partial charge < -0.3 is 14.5 Å². The largest absolute Gasteiger partial charge is 0.494 e. The number of aryl methyl sites for hydroxylation is 1. The molecular weight excluding hydrogens is 385 g/mol. The molecule has 0 radical (unpaired) electrons. The minimum absolute atomic E-state index is 0.164. The number of benzene rings is 1. The Labute approximate surface area is 169 Å². The van der Waals surface area contributed by atoms with Crippen LogP contribution in [0.4, 0.5) is 5.82 Å². The number of nitrogens with zero attached hydrogens (tertiary/aromatic N) is 3. The topological polar surface area (TPSA) is 45.7 Å².